The van der Waals surface area contributed by atoms with E-state index >= 15 is 0 Å². The van der Waals surface area contributed by atoms with E-state index < -0.39 is 6.16 Å². The molecule has 11 heavy (non-hydrogen) atoms. The number of carbonyl (C=O) groups is 1. The van der Waals surface area contributed by atoms with Gasteiger partial charge in [-0.25, -0.2) is 4.79 Å². The van der Waals surface area contributed by atoms with Crippen LogP contribution in [0.4, 0.5) is 4.79 Å². The van der Waals surface area contributed by atoms with Crippen molar-refractivity contribution < 1.29 is 14.6 Å². The maximum absolute atomic E-state index is 9.98. The lowest BCUT2D eigenvalue weighted by Gasteiger charge is -2.18. The summed E-state index contributed by atoms with van der Waals surface area (Å²) in [5.74, 6) is 0. The third-order valence-corrected chi connectivity index (χ3v) is 3.26. The first-order valence-electron chi connectivity index (χ1n) is 3.41. The van der Waals surface area contributed by atoms with Gasteiger partial charge < -0.3 is 9.84 Å². The maximum atomic E-state index is 9.98. The van der Waals surface area contributed by atoms with Crippen molar-refractivity contribution in [3.8, 4) is 0 Å². The first kappa shape index (κ1) is 10.2. The van der Waals surface area contributed by atoms with Crippen LogP contribution in [0.1, 0.15) is 20.8 Å². The Bertz CT molecular complexity index is 179. The molecule has 3 nitrogen and oxygen atoms in total. The van der Waals surface area contributed by atoms with E-state index in [0.717, 1.165) is 15.4 Å². The predicted octanol–water partition coefficient (Wildman–Crippen LogP) is 0.934. The van der Waals surface area contributed by atoms with E-state index in [1.54, 1.807) is 0 Å². The molecule has 0 aliphatic rings. The molecule has 0 radical (unpaired) electrons. The van der Waals surface area contributed by atoms with Crippen molar-refractivity contribution in [3.05, 3.63) is 11.5 Å². The number of carboxylic acid groups (broad SMARTS) is 1. The fourth-order valence-corrected chi connectivity index (χ4v) is 0.433. The first-order valence-corrected chi connectivity index (χ1v) is 4.41. The lowest BCUT2D eigenvalue weighted by atomic mass is 9.97. The molecule has 0 saturated heterocycles. The van der Waals surface area contributed by atoms with E-state index in [4.69, 9.17) is 5.11 Å². The second-order valence-corrected chi connectivity index (χ2v) is 4.51. The Morgan fingerprint density at radius 1 is 1.55 bits per heavy atom. The van der Waals surface area contributed by atoms with Gasteiger partial charge in [0.25, 0.3) is 0 Å². The highest BCUT2D eigenvalue weighted by Gasteiger charge is 2.12. The van der Waals surface area contributed by atoms with Crippen molar-refractivity contribution in [1.82, 2.24) is 0 Å². The molecular weight excluding hydrogens is 160 g/mol. The molecule has 0 unspecified atom stereocenters. The van der Waals surface area contributed by atoms with Crippen LogP contribution in [-0.2, 0) is 4.74 Å². The molecule has 1 N–H and O–H groups in total. The Kier molecular flexibility index (Phi) is 3.32. The smallest absolute Gasteiger partial charge is 0.449 e. The lowest BCUT2D eigenvalue weighted by Crippen LogP contribution is -2.10. The van der Waals surface area contributed by atoms with Crippen molar-refractivity contribution in [2.75, 3.05) is 0 Å². The molecule has 0 amide bonds. The summed E-state index contributed by atoms with van der Waals surface area (Å²) < 4.78 is 4.32. The second-order valence-electron chi connectivity index (χ2n) is 3.43. The van der Waals surface area contributed by atoms with Crippen LogP contribution in [0.5, 0.6) is 0 Å². The highest BCUT2D eigenvalue weighted by atomic mass is 28.1. The van der Waals surface area contributed by atoms with Gasteiger partial charge >= 0.3 is 6.16 Å². The summed E-state index contributed by atoms with van der Waals surface area (Å²) in [6.45, 7) is 6.07. The van der Waals surface area contributed by atoms with Gasteiger partial charge in [-0.05, 0) is 5.41 Å². The third kappa shape index (κ3) is 4.61. The van der Waals surface area contributed by atoms with Crippen LogP contribution in [0.15, 0.2) is 11.5 Å². The van der Waals surface area contributed by atoms with Crippen molar-refractivity contribution >= 4 is 16.4 Å². The van der Waals surface area contributed by atoms with Crippen molar-refractivity contribution in [2.45, 2.75) is 20.8 Å². The fourth-order valence-electron chi connectivity index (χ4n) is 0.316. The summed E-state index contributed by atoms with van der Waals surface area (Å²) >= 11 is 0. The van der Waals surface area contributed by atoms with Crippen LogP contribution < -0.4 is 0 Å². The SMILES string of the molecule is CC(C)(C)C([SiH3])=COC(=O)O. The Morgan fingerprint density at radius 2 is 2.00 bits per heavy atom. The number of allylic oxidation sites excluding steroid dienone is 1. The topological polar surface area (TPSA) is 46.5 Å². The summed E-state index contributed by atoms with van der Waals surface area (Å²) in [6, 6.07) is 0. The minimum Gasteiger partial charge on any atom is -0.449 e. The highest BCUT2D eigenvalue weighted by molar-refractivity contribution is 6.22. The molecule has 0 aliphatic carbocycles. The van der Waals surface area contributed by atoms with E-state index in [-0.39, 0.29) is 5.41 Å². The molecule has 0 rings (SSSR count). The van der Waals surface area contributed by atoms with Gasteiger partial charge in [-0.3, -0.25) is 0 Å². The molecule has 0 bridgehead atoms. The van der Waals surface area contributed by atoms with E-state index in [1.807, 2.05) is 20.8 Å². The monoisotopic (exact) mass is 174 g/mol. The van der Waals surface area contributed by atoms with Gasteiger partial charge in [0.05, 0.1) is 6.26 Å². The largest absolute Gasteiger partial charge is 0.510 e. The first-order chi connectivity index (χ1) is 4.84. The summed E-state index contributed by atoms with van der Waals surface area (Å²) in [4.78, 5) is 9.98. The molecule has 0 aliphatic heterocycles. The zero-order valence-electron chi connectivity index (χ0n) is 7.34. The molecule has 0 fully saturated rings. The minimum absolute atomic E-state index is 0.0294. The van der Waals surface area contributed by atoms with Crippen LogP contribution in [0.3, 0.4) is 0 Å². The standard InChI is InChI=1S/C7H14O3Si/c1-7(2,3)5(11)4-10-6(8)9/h4H,1-3,11H3,(H,8,9). The van der Waals surface area contributed by atoms with Gasteiger partial charge in [0.1, 0.15) is 0 Å². The maximum Gasteiger partial charge on any atom is 0.510 e. The molecular formula is C7H14O3Si. The van der Waals surface area contributed by atoms with Gasteiger partial charge in [-0.15, -0.1) is 0 Å². The van der Waals surface area contributed by atoms with Crippen LogP contribution in [0, 0.1) is 5.41 Å². The van der Waals surface area contributed by atoms with Crippen molar-refractivity contribution in [2.24, 2.45) is 5.41 Å². The Balaban J connectivity index is 4.12. The molecule has 0 spiro atoms. The molecule has 0 aromatic rings. The molecule has 0 atom stereocenters. The van der Waals surface area contributed by atoms with E-state index in [0.29, 0.717) is 0 Å². The summed E-state index contributed by atoms with van der Waals surface area (Å²) in [7, 11) is 0.826. The van der Waals surface area contributed by atoms with Crippen molar-refractivity contribution in [3.63, 3.8) is 0 Å². The molecule has 0 aromatic carbocycles. The van der Waals surface area contributed by atoms with Gasteiger partial charge in [-0.2, -0.15) is 0 Å². The summed E-state index contributed by atoms with van der Waals surface area (Å²) in [6.07, 6.45) is 0.0803. The van der Waals surface area contributed by atoms with Gasteiger partial charge in [-0.1, -0.05) is 26.0 Å². The molecule has 4 heteroatoms. The average Bonchev–Trinajstić information content (AvgIpc) is 1.80. The number of hydrogen-bond donors (Lipinski definition) is 1. The van der Waals surface area contributed by atoms with Gasteiger partial charge in [0.15, 0.2) is 0 Å². The zero-order valence-corrected chi connectivity index (χ0v) is 9.34. The average molecular weight is 174 g/mol. The molecule has 0 heterocycles. The summed E-state index contributed by atoms with van der Waals surface area (Å²) in [5.41, 5.74) is 0.0294. The number of ether oxygens (including phenoxy) is 1. The molecule has 0 saturated carbocycles. The summed E-state index contributed by atoms with van der Waals surface area (Å²) in [5, 5.41) is 9.22. The molecule has 0 aromatic heterocycles. The zero-order chi connectivity index (χ0) is 9.07. The van der Waals surface area contributed by atoms with Crippen LogP contribution in [-0.4, -0.2) is 21.5 Å². The second kappa shape index (κ2) is 3.57. The van der Waals surface area contributed by atoms with Gasteiger partial charge in [0.2, 0.25) is 0 Å². The van der Waals surface area contributed by atoms with E-state index in [1.165, 1.54) is 6.26 Å². The Hall–Kier alpha value is -0.773. The van der Waals surface area contributed by atoms with E-state index in [2.05, 4.69) is 4.74 Å². The lowest BCUT2D eigenvalue weighted by molar-refractivity contribution is 0.127. The quantitative estimate of drug-likeness (QED) is 0.365. The fraction of sp³-hybridized carbons (Fsp3) is 0.571. The Labute approximate surface area is 69.5 Å². The van der Waals surface area contributed by atoms with Crippen LogP contribution >= 0.6 is 0 Å². The van der Waals surface area contributed by atoms with Gasteiger partial charge in [0, 0.05) is 10.2 Å². The minimum atomic E-state index is -1.25. The van der Waals surface area contributed by atoms with Crippen molar-refractivity contribution in [1.29, 1.82) is 0 Å². The number of rotatable bonds is 1. The number of hydrogen-bond acceptors (Lipinski definition) is 2. The molecule has 64 valence electrons. The normalized spacial score (nSPS) is 13.2. The highest BCUT2D eigenvalue weighted by Crippen LogP contribution is 2.21. The van der Waals surface area contributed by atoms with Crippen LogP contribution in [0.25, 0.3) is 0 Å². The Morgan fingerprint density at radius 3 is 2.27 bits per heavy atom. The van der Waals surface area contributed by atoms with E-state index in [9.17, 15) is 4.79 Å². The third-order valence-electron chi connectivity index (χ3n) is 1.52. The van der Waals surface area contributed by atoms with Crippen LogP contribution in [0.2, 0.25) is 0 Å². The predicted molar refractivity (Wildman–Crippen MR) is 46.6 cm³/mol.